The summed E-state index contributed by atoms with van der Waals surface area (Å²) in [5.74, 6) is 0.485. The van der Waals surface area contributed by atoms with E-state index in [0.717, 1.165) is 10.3 Å². The van der Waals surface area contributed by atoms with Crippen LogP contribution in [-0.2, 0) is 0 Å². The number of fused-ring (bicyclic) bond motifs is 1. The fraction of sp³-hybridized carbons (Fsp3) is 0.267. The van der Waals surface area contributed by atoms with Crippen LogP contribution in [0.15, 0.2) is 35.7 Å². The number of thiophene rings is 1. The van der Waals surface area contributed by atoms with Crippen LogP contribution >= 0.6 is 46.1 Å². The minimum absolute atomic E-state index is 0.288. The van der Waals surface area contributed by atoms with Crippen LogP contribution in [0.1, 0.15) is 24.8 Å². The molecule has 0 radical (unpaired) electrons. The maximum Gasteiger partial charge on any atom is 0.178 e. The van der Waals surface area contributed by atoms with Gasteiger partial charge in [-0.2, -0.15) is 0 Å². The zero-order valence-corrected chi connectivity index (χ0v) is 15.1. The topological polar surface area (TPSA) is 20.7 Å². The van der Waals surface area contributed by atoms with Crippen LogP contribution in [-0.4, -0.2) is 9.55 Å². The number of halogens is 1. The highest BCUT2D eigenvalue weighted by molar-refractivity contribution is 14.1. The molecule has 0 aliphatic rings. The van der Waals surface area contributed by atoms with E-state index in [1.54, 1.807) is 11.3 Å². The standard InChI is InChI=1S/C15H15IN2S2/c1-9(2)14(13-4-3-7-20-13)18-12-6-5-10(16)8-11(12)17-15(18)19/h3-9,14H,1-2H3,(H,17,19). The summed E-state index contributed by atoms with van der Waals surface area (Å²) < 4.78 is 4.28. The van der Waals surface area contributed by atoms with Gasteiger partial charge < -0.3 is 9.55 Å². The van der Waals surface area contributed by atoms with Crippen molar-refractivity contribution in [2.45, 2.75) is 19.9 Å². The molecule has 0 spiro atoms. The van der Waals surface area contributed by atoms with Gasteiger partial charge in [0.2, 0.25) is 0 Å². The van der Waals surface area contributed by atoms with Crippen molar-refractivity contribution in [3.63, 3.8) is 0 Å². The van der Waals surface area contributed by atoms with Crippen molar-refractivity contribution < 1.29 is 0 Å². The molecule has 1 aromatic carbocycles. The number of nitrogens with zero attached hydrogens (tertiary/aromatic N) is 1. The van der Waals surface area contributed by atoms with E-state index in [4.69, 9.17) is 12.2 Å². The van der Waals surface area contributed by atoms with Gasteiger partial charge in [0.25, 0.3) is 0 Å². The van der Waals surface area contributed by atoms with Crippen LogP contribution in [0.5, 0.6) is 0 Å². The number of aromatic amines is 1. The second kappa shape index (κ2) is 5.61. The Labute approximate surface area is 141 Å². The highest BCUT2D eigenvalue weighted by atomic mass is 127. The van der Waals surface area contributed by atoms with Crippen LogP contribution < -0.4 is 0 Å². The Morgan fingerprint density at radius 3 is 2.75 bits per heavy atom. The van der Waals surface area contributed by atoms with Crippen molar-refractivity contribution in [1.82, 2.24) is 9.55 Å². The van der Waals surface area contributed by atoms with Gasteiger partial charge in [-0.15, -0.1) is 11.3 Å². The molecular weight excluding hydrogens is 399 g/mol. The van der Waals surface area contributed by atoms with Crippen LogP contribution in [0.3, 0.4) is 0 Å². The number of nitrogens with one attached hydrogen (secondary N) is 1. The Bertz CT molecular complexity index is 784. The van der Waals surface area contributed by atoms with Gasteiger partial charge in [0.15, 0.2) is 4.77 Å². The first-order valence-corrected chi connectivity index (χ1v) is 8.88. The Morgan fingerprint density at radius 2 is 2.10 bits per heavy atom. The molecule has 1 N–H and O–H groups in total. The lowest BCUT2D eigenvalue weighted by molar-refractivity contribution is 0.449. The average Bonchev–Trinajstić information content (AvgIpc) is 2.98. The second-order valence-corrected chi connectivity index (χ2v) is 7.78. The third kappa shape index (κ3) is 2.46. The van der Waals surface area contributed by atoms with Crippen LogP contribution in [0.2, 0.25) is 0 Å². The lowest BCUT2D eigenvalue weighted by Crippen LogP contribution is -2.15. The lowest BCUT2D eigenvalue weighted by atomic mass is 10.0. The van der Waals surface area contributed by atoms with E-state index in [1.165, 1.54) is 14.0 Å². The molecular formula is C15H15IN2S2. The molecule has 0 saturated carbocycles. The quantitative estimate of drug-likeness (QED) is 0.437. The van der Waals surface area contributed by atoms with Gasteiger partial charge in [-0.1, -0.05) is 19.9 Å². The van der Waals surface area contributed by atoms with Crippen molar-refractivity contribution in [2.75, 3.05) is 0 Å². The van der Waals surface area contributed by atoms with Crippen LogP contribution in [0.25, 0.3) is 11.0 Å². The minimum atomic E-state index is 0.288. The second-order valence-electron chi connectivity index (χ2n) is 5.17. The third-order valence-corrected chi connectivity index (χ3v) is 5.34. The summed E-state index contributed by atoms with van der Waals surface area (Å²) in [6.07, 6.45) is 0. The van der Waals surface area contributed by atoms with Crippen molar-refractivity contribution in [3.8, 4) is 0 Å². The SMILES string of the molecule is CC(C)C(c1cccs1)n1c(=S)[nH]c2cc(I)ccc21. The largest absolute Gasteiger partial charge is 0.331 e. The molecule has 3 rings (SSSR count). The van der Waals surface area contributed by atoms with E-state index in [2.05, 4.69) is 81.7 Å². The molecule has 1 unspecified atom stereocenters. The molecule has 1 atom stereocenters. The summed E-state index contributed by atoms with van der Waals surface area (Å²) in [6.45, 7) is 4.50. The van der Waals surface area contributed by atoms with Gasteiger partial charge in [-0.3, -0.25) is 0 Å². The predicted octanol–water partition coefficient (Wildman–Crippen LogP) is 5.61. The molecule has 0 aliphatic heterocycles. The maximum absolute atomic E-state index is 5.58. The van der Waals surface area contributed by atoms with Gasteiger partial charge in [-0.25, -0.2) is 0 Å². The summed E-state index contributed by atoms with van der Waals surface area (Å²) in [7, 11) is 0. The van der Waals surface area contributed by atoms with E-state index in [1.807, 2.05) is 0 Å². The first kappa shape index (κ1) is 14.3. The van der Waals surface area contributed by atoms with Crippen LogP contribution in [0, 0.1) is 14.3 Å². The monoisotopic (exact) mass is 414 g/mol. The van der Waals surface area contributed by atoms with Gasteiger partial charge in [0, 0.05) is 8.45 Å². The summed E-state index contributed by atoms with van der Waals surface area (Å²) in [5.41, 5.74) is 2.30. The molecule has 2 heterocycles. The van der Waals surface area contributed by atoms with E-state index < -0.39 is 0 Å². The smallest absolute Gasteiger partial charge is 0.178 e. The Kier molecular flexibility index (Phi) is 4.01. The van der Waals surface area contributed by atoms with Crippen molar-refractivity contribution in [2.24, 2.45) is 5.92 Å². The number of imidazole rings is 1. The maximum atomic E-state index is 5.58. The molecule has 0 aliphatic carbocycles. The molecule has 0 amide bonds. The number of hydrogen-bond donors (Lipinski definition) is 1. The Hall–Kier alpha value is -0.660. The highest BCUT2D eigenvalue weighted by Crippen LogP contribution is 2.33. The summed E-state index contributed by atoms with van der Waals surface area (Å²) in [4.78, 5) is 4.70. The predicted molar refractivity (Wildman–Crippen MR) is 97.1 cm³/mol. The fourth-order valence-corrected chi connectivity index (χ4v) is 4.39. The van der Waals surface area contributed by atoms with Gasteiger partial charge >= 0.3 is 0 Å². The molecule has 3 aromatic rings. The van der Waals surface area contributed by atoms with Gasteiger partial charge in [0.1, 0.15) is 0 Å². The van der Waals surface area contributed by atoms with Crippen molar-refractivity contribution >= 4 is 57.2 Å². The van der Waals surface area contributed by atoms with Crippen molar-refractivity contribution in [3.05, 3.63) is 48.9 Å². The number of H-pyrrole nitrogens is 1. The number of rotatable bonds is 3. The normalized spacial score (nSPS) is 13.2. The average molecular weight is 414 g/mol. The first-order chi connectivity index (χ1) is 9.58. The summed E-state index contributed by atoms with van der Waals surface area (Å²) >= 11 is 9.70. The minimum Gasteiger partial charge on any atom is -0.331 e. The highest BCUT2D eigenvalue weighted by Gasteiger charge is 2.21. The molecule has 20 heavy (non-hydrogen) atoms. The number of hydrogen-bond acceptors (Lipinski definition) is 2. The molecule has 104 valence electrons. The molecule has 0 fully saturated rings. The lowest BCUT2D eigenvalue weighted by Gasteiger charge is -2.22. The first-order valence-electron chi connectivity index (χ1n) is 6.51. The molecule has 5 heteroatoms. The van der Waals surface area contributed by atoms with E-state index in [9.17, 15) is 0 Å². The van der Waals surface area contributed by atoms with Crippen LogP contribution in [0.4, 0.5) is 0 Å². The molecule has 2 aromatic heterocycles. The number of benzene rings is 1. The van der Waals surface area contributed by atoms with Gasteiger partial charge in [-0.05, 0) is 70.4 Å². The molecule has 0 bridgehead atoms. The zero-order valence-electron chi connectivity index (χ0n) is 11.3. The Morgan fingerprint density at radius 1 is 1.30 bits per heavy atom. The van der Waals surface area contributed by atoms with E-state index in [-0.39, 0.29) is 6.04 Å². The van der Waals surface area contributed by atoms with Crippen molar-refractivity contribution in [1.29, 1.82) is 0 Å². The van der Waals surface area contributed by atoms with E-state index >= 15 is 0 Å². The Balaban J connectivity index is 2.26. The summed E-state index contributed by atoms with van der Waals surface area (Å²) in [6, 6.07) is 11.0. The number of aromatic nitrogens is 2. The van der Waals surface area contributed by atoms with Gasteiger partial charge in [0.05, 0.1) is 17.1 Å². The summed E-state index contributed by atoms with van der Waals surface area (Å²) in [5, 5.41) is 2.13. The zero-order chi connectivity index (χ0) is 14.3. The fourth-order valence-electron chi connectivity index (χ4n) is 2.59. The molecule has 0 saturated heterocycles. The third-order valence-electron chi connectivity index (χ3n) is 3.42. The molecule has 2 nitrogen and oxygen atoms in total. The van der Waals surface area contributed by atoms with E-state index in [0.29, 0.717) is 5.92 Å².